The lowest BCUT2D eigenvalue weighted by molar-refractivity contribution is -0.117. The van der Waals surface area contributed by atoms with Crippen LogP contribution in [-0.2, 0) is 14.3 Å². The standard InChI is InChI=1S/C10H21NO3/c1-10(12)4-5-11(2)6-7-14-9-8-13-3/h4-9H2,1-3H3. The molecule has 0 unspecified atom stereocenters. The molecule has 0 aliphatic carbocycles. The molecule has 0 aromatic rings. The summed E-state index contributed by atoms with van der Waals surface area (Å²) < 4.78 is 10.1. The minimum Gasteiger partial charge on any atom is -0.382 e. The van der Waals surface area contributed by atoms with Crippen LogP contribution in [0.3, 0.4) is 0 Å². The highest BCUT2D eigenvalue weighted by Crippen LogP contribution is 1.89. The van der Waals surface area contributed by atoms with Gasteiger partial charge >= 0.3 is 0 Å². The topological polar surface area (TPSA) is 38.8 Å². The van der Waals surface area contributed by atoms with E-state index in [0.29, 0.717) is 26.2 Å². The van der Waals surface area contributed by atoms with Gasteiger partial charge in [0.15, 0.2) is 0 Å². The highest BCUT2D eigenvalue weighted by molar-refractivity contribution is 5.75. The molecule has 0 saturated carbocycles. The van der Waals surface area contributed by atoms with Crippen LogP contribution in [-0.4, -0.2) is 57.8 Å². The molecule has 0 aliphatic heterocycles. The Bertz CT molecular complexity index is 150. The minimum atomic E-state index is 0.233. The first-order valence-corrected chi connectivity index (χ1v) is 4.91. The summed E-state index contributed by atoms with van der Waals surface area (Å²) in [4.78, 5) is 12.8. The second-order valence-electron chi connectivity index (χ2n) is 3.36. The highest BCUT2D eigenvalue weighted by atomic mass is 16.5. The molecule has 14 heavy (non-hydrogen) atoms. The largest absolute Gasteiger partial charge is 0.382 e. The molecule has 0 bridgehead atoms. The van der Waals surface area contributed by atoms with Gasteiger partial charge < -0.3 is 14.4 Å². The van der Waals surface area contributed by atoms with Crippen LogP contribution in [0.15, 0.2) is 0 Å². The van der Waals surface area contributed by atoms with Gasteiger partial charge in [-0.2, -0.15) is 0 Å². The fraction of sp³-hybridized carbons (Fsp3) is 0.900. The number of rotatable bonds is 9. The Labute approximate surface area is 86.2 Å². The lowest BCUT2D eigenvalue weighted by Crippen LogP contribution is -2.25. The molecule has 4 heteroatoms. The van der Waals surface area contributed by atoms with Gasteiger partial charge in [0.25, 0.3) is 0 Å². The van der Waals surface area contributed by atoms with Crippen LogP contribution in [0.25, 0.3) is 0 Å². The van der Waals surface area contributed by atoms with E-state index in [0.717, 1.165) is 13.1 Å². The van der Waals surface area contributed by atoms with Crippen LogP contribution in [0.5, 0.6) is 0 Å². The van der Waals surface area contributed by atoms with E-state index in [4.69, 9.17) is 9.47 Å². The van der Waals surface area contributed by atoms with Crippen molar-refractivity contribution in [1.82, 2.24) is 4.90 Å². The smallest absolute Gasteiger partial charge is 0.131 e. The average Bonchev–Trinajstić information content (AvgIpc) is 2.14. The van der Waals surface area contributed by atoms with Crippen molar-refractivity contribution >= 4 is 5.78 Å². The average molecular weight is 203 g/mol. The van der Waals surface area contributed by atoms with Crippen LogP contribution < -0.4 is 0 Å². The molecule has 0 aliphatic rings. The second-order valence-corrected chi connectivity index (χ2v) is 3.36. The number of nitrogens with zero attached hydrogens (tertiary/aromatic N) is 1. The van der Waals surface area contributed by atoms with E-state index in [9.17, 15) is 4.79 Å². The van der Waals surface area contributed by atoms with Gasteiger partial charge in [0, 0.05) is 26.6 Å². The molecule has 0 saturated heterocycles. The first kappa shape index (κ1) is 13.5. The molecule has 4 nitrogen and oxygen atoms in total. The number of Topliss-reactive ketones (excluding diaryl/α,β-unsaturated/α-hetero) is 1. The third-order valence-electron chi connectivity index (χ3n) is 1.89. The molecule has 0 heterocycles. The summed E-state index contributed by atoms with van der Waals surface area (Å²) in [5, 5.41) is 0. The fourth-order valence-electron chi connectivity index (χ4n) is 0.925. The van der Waals surface area contributed by atoms with Gasteiger partial charge in [0.05, 0.1) is 19.8 Å². The summed E-state index contributed by atoms with van der Waals surface area (Å²) >= 11 is 0. The number of ether oxygens (including phenoxy) is 2. The molecule has 0 amide bonds. The van der Waals surface area contributed by atoms with Gasteiger partial charge in [-0.3, -0.25) is 4.79 Å². The Kier molecular flexibility index (Phi) is 8.83. The summed E-state index contributed by atoms with van der Waals surface area (Å²) in [5.74, 6) is 0.233. The van der Waals surface area contributed by atoms with E-state index in [1.165, 1.54) is 0 Å². The molecule has 0 fully saturated rings. The van der Waals surface area contributed by atoms with Crippen molar-refractivity contribution in [3.05, 3.63) is 0 Å². The minimum absolute atomic E-state index is 0.233. The van der Waals surface area contributed by atoms with Gasteiger partial charge in [0.1, 0.15) is 5.78 Å². The van der Waals surface area contributed by atoms with Crippen LogP contribution in [0.2, 0.25) is 0 Å². The van der Waals surface area contributed by atoms with Crippen molar-refractivity contribution < 1.29 is 14.3 Å². The van der Waals surface area contributed by atoms with Crippen molar-refractivity contribution in [1.29, 1.82) is 0 Å². The predicted molar refractivity (Wildman–Crippen MR) is 55.5 cm³/mol. The number of hydrogen-bond acceptors (Lipinski definition) is 4. The number of hydrogen-bond donors (Lipinski definition) is 0. The Morgan fingerprint density at radius 2 is 1.93 bits per heavy atom. The molecule has 0 N–H and O–H groups in total. The van der Waals surface area contributed by atoms with Gasteiger partial charge in [-0.05, 0) is 14.0 Å². The van der Waals surface area contributed by atoms with Gasteiger partial charge in [-0.1, -0.05) is 0 Å². The molecule has 0 spiro atoms. The monoisotopic (exact) mass is 203 g/mol. The van der Waals surface area contributed by atoms with Crippen molar-refractivity contribution in [2.75, 3.05) is 47.1 Å². The molecule has 84 valence electrons. The van der Waals surface area contributed by atoms with Crippen LogP contribution >= 0.6 is 0 Å². The van der Waals surface area contributed by atoms with Crippen molar-refractivity contribution in [2.24, 2.45) is 0 Å². The lowest BCUT2D eigenvalue weighted by Gasteiger charge is -2.15. The molecular weight excluding hydrogens is 182 g/mol. The summed E-state index contributed by atoms with van der Waals surface area (Å²) in [6.45, 7) is 5.24. The number of methoxy groups -OCH3 is 1. The maximum absolute atomic E-state index is 10.7. The van der Waals surface area contributed by atoms with Crippen molar-refractivity contribution in [3.63, 3.8) is 0 Å². The van der Waals surface area contributed by atoms with E-state index in [1.54, 1.807) is 14.0 Å². The summed E-state index contributed by atoms with van der Waals surface area (Å²) in [6.07, 6.45) is 0.620. The van der Waals surface area contributed by atoms with Gasteiger partial charge in [-0.25, -0.2) is 0 Å². The first-order valence-electron chi connectivity index (χ1n) is 4.91. The molecule has 0 radical (unpaired) electrons. The Balaban J connectivity index is 3.18. The maximum atomic E-state index is 10.7. The number of carbonyl (C=O) groups is 1. The molecule has 0 aromatic heterocycles. The lowest BCUT2D eigenvalue weighted by atomic mass is 10.3. The van der Waals surface area contributed by atoms with Gasteiger partial charge in [-0.15, -0.1) is 0 Å². The van der Waals surface area contributed by atoms with E-state index < -0.39 is 0 Å². The quantitative estimate of drug-likeness (QED) is 0.513. The molecule has 0 aromatic carbocycles. The number of carbonyl (C=O) groups excluding carboxylic acids is 1. The Hall–Kier alpha value is -0.450. The van der Waals surface area contributed by atoms with Gasteiger partial charge in [0.2, 0.25) is 0 Å². The van der Waals surface area contributed by atoms with E-state index in [2.05, 4.69) is 4.90 Å². The SMILES string of the molecule is COCCOCCN(C)CCC(C)=O. The molecule has 0 rings (SSSR count). The third kappa shape index (κ3) is 9.64. The van der Waals surface area contributed by atoms with Crippen LogP contribution in [0, 0.1) is 0 Å². The van der Waals surface area contributed by atoms with Crippen LogP contribution in [0.4, 0.5) is 0 Å². The summed E-state index contributed by atoms with van der Waals surface area (Å²) in [6, 6.07) is 0. The number of ketones is 1. The molecular formula is C10H21NO3. The zero-order chi connectivity index (χ0) is 10.8. The Morgan fingerprint density at radius 1 is 1.21 bits per heavy atom. The van der Waals surface area contributed by atoms with Crippen LogP contribution in [0.1, 0.15) is 13.3 Å². The van der Waals surface area contributed by atoms with Crippen molar-refractivity contribution in [2.45, 2.75) is 13.3 Å². The van der Waals surface area contributed by atoms with E-state index >= 15 is 0 Å². The zero-order valence-corrected chi connectivity index (χ0v) is 9.41. The number of likely N-dealkylation sites (N-methyl/N-ethyl adjacent to an activating group) is 1. The fourth-order valence-corrected chi connectivity index (χ4v) is 0.925. The highest BCUT2D eigenvalue weighted by Gasteiger charge is 1.99. The first-order chi connectivity index (χ1) is 6.66. The third-order valence-corrected chi connectivity index (χ3v) is 1.89. The predicted octanol–water partition coefficient (Wildman–Crippen LogP) is 0.560. The maximum Gasteiger partial charge on any atom is 0.131 e. The van der Waals surface area contributed by atoms with E-state index in [1.807, 2.05) is 7.05 Å². The van der Waals surface area contributed by atoms with E-state index in [-0.39, 0.29) is 5.78 Å². The Morgan fingerprint density at radius 3 is 2.50 bits per heavy atom. The van der Waals surface area contributed by atoms with Crippen molar-refractivity contribution in [3.8, 4) is 0 Å². The zero-order valence-electron chi connectivity index (χ0n) is 9.41. The second kappa shape index (κ2) is 9.12. The summed E-state index contributed by atoms with van der Waals surface area (Å²) in [7, 11) is 3.64. The molecule has 0 atom stereocenters. The normalized spacial score (nSPS) is 10.9. The summed E-state index contributed by atoms with van der Waals surface area (Å²) in [5.41, 5.74) is 0.